The molecule has 0 saturated carbocycles. The first kappa shape index (κ1) is 16.8. The summed E-state index contributed by atoms with van der Waals surface area (Å²) in [4.78, 5) is 17.5. The highest BCUT2D eigenvalue weighted by Gasteiger charge is 2.19. The number of fused-ring (bicyclic) bond motifs is 2. The topological polar surface area (TPSA) is 46.9 Å². The molecular formula is C22H25N3O. The second-order valence-electron chi connectivity index (χ2n) is 7.09. The van der Waals surface area contributed by atoms with E-state index >= 15 is 0 Å². The van der Waals surface area contributed by atoms with E-state index in [1.54, 1.807) is 0 Å². The lowest BCUT2D eigenvalue weighted by Gasteiger charge is -2.18. The fourth-order valence-electron chi connectivity index (χ4n) is 3.98. The maximum absolute atomic E-state index is 12.8. The van der Waals surface area contributed by atoms with Gasteiger partial charge in [0.15, 0.2) is 0 Å². The number of rotatable bonds is 4. The molecule has 26 heavy (non-hydrogen) atoms. The van der Waals surface area contributed by atoms with E-state index in [0.717, 1.165) is 41.8 Å². The smallest absolute Gasteiger partial charge is 0.251 e. The number of carbonyl (C=O) groups excluding carboxylic acids is 1. The average Bonchev–Trinajstić information content (AvgIpc) is 3.06. The number of imidazole rings is 1. The fraction of sp³-hybridized carbons (Fsp3) is 0.364. The molecule has 0 radical (unpaired) electrons. The first-order valence-electron chi connectivity index (χ1n) is 9.55. The molecule has 1 N–H and O–H groups in total. The van der Waals surface area contributed by atoms with Crippen molar-refractivity contribution < 1.29 is 4.79 Å². The van der Waals surface area contributed by atoms with Crippen molar-refractivity contribution in [2.45, 2.75) is 52.1 Å². The quantitative estimate of drug-likeness (QED) is 0.759. The first-order chi connectivity index (χ1) is 12.7. The lowest BCUT2D eigenvalue weighted by atomic mass is 9.90. The third kappa shape index (κ3) is 3.00. The number of hydrogen-bond donors (Lipinski definition) is 1. The molecule has 1 heterocycles. The maximum atomic E-state index is 12.8. The summed E-state index contributed by atoms with van der Waals surface area (Å²) < 4.78 is 2.17. The molecule has 3 aromatic rings. The van der Waals surface area contributed by atoms with Crippen molar-refractivity contribution in [1.82, 2.24) is 14.9 Å². The van der Waals surface area contributed by atoms with Gasteiger partial charge in [-0.3, -0.25) is 4.79 Å². The number of aromatic nitrogens is 2. The molecule has 1 amide bonds. The molecule has 1 aliphatic carbocycles. The Morgan fingerprint density at radius 2 is 1.92 bits per heavy atom. The zero-order valence-electron chi connectivity index (χ0n) is 15.5. The molecule has 0 spiro atoms. The minimum Gasteiger partial charge on any atom is -0.342 e. The average molecular weight is 347 g/mol. The Labute approximate surface area is 154 Å². The molecule has 1 aromatic heterocycles. The molecule has 0 bridgehead atoms. The third-order valence-electron chi connectivity index (χ3n) is 5.35. The van der Waals surface area contributed by atoms with Gasteiger partial charge >= 0.3 is 0 Å². The van der Waals surface area contributed by atoms with Crippen LogP contribution in [0.15, 0.2) is 42.5 Å². The van der Waals surface area contributed by atoms with E-state index in [1.165, 1.54) is 24.0 Å². The van der Waals surface area contributed by atoms with Crippen LogP contribution in [0, 0.1) is 0 Å². The largest absolute Gasteiger partial charge is 0.342 e. The number of amides is 1. The summed E-state index contributed by atoms with van der Waals surface area (Å²) in [5, 5.41) is 3.13. The van der Waals surface area contributed by atoms with Gasteiger partial charge in [-0.25, -0.2) is 4.98 Å². The van der Waals surface area contributed by atoms with E-state index in [-0.39, 0.29) is 11.9 Å². The summed E-state index contributed by atoms with van der Waals surface area (Å²) >= 11 is 0. The molecule has 134 valence electrons. The summed E-state index contributed by atoms with van der Waals surface area (Å²) in [5.41, 5.74) is 5.56. The lowest BCUT2D eigenvalue weighted by Crippen LogP contribution is -2.29. The van der Waals surface area contributed by atoms with E-state index in [0.29, 0.717) is 0 Å². The zero-order chi connectivity index (χ0) is 18.1. The van der Waals surface area contributed by atoms with Crippen LogP contribution in [0.25, 0.3) is 11.0 Å². The number of hydrogen-bond acceptors (Lipinski definition) is 2. The Morgan fingerprint density at radius 1 is 1.15 bits per heavy atom. The number of aryl methyl sites for hydroxylation is 3. The fourth-order valence-corrected chi connectivity index (χ4v) is 3.98. The Balaban J connectivity index is 1.58. The SMILES string of the molecule is CCn1c(C(C)NC(=O)c2ccc3c(c2)CCCC3)nc2ccccc21. The molecule has 1 atom stereocenters. The molecule has 0 aliphatic heterocycles. The van der Waals surface area contributed by atoms with Gasteiger partial charge in [0.2, 0.25) is 0 Å². The van der Waals surface area contributed by atoms with E-state index in [1.807, 2.05) is 31.2 Å². The van der Waals surface area contributed by atoms with Crippen LogP contribution >= 0.6 is 0 Å². The van der Waals surface area contributed by atoms with Gasteiger partial charge in [-0.2, -0.15) is 0 Å². The molecule has 4 heteroatoms. The van der Waals surface area contributed by atoms with Gasteiger partial charge in [0.05, 0.1) is 17.1 Å². The van der Waals surface area contributed by atoms with Crippen LogP contribution in [0.1, 0.15) is 60.0 Å². The van der Waals surface area contributed by atoms with E-state index < -0.39 is 0 Å². The third-order valence-corrected chi connectivity index (χ3v) is 5.35. The number of para-hydroxylation sites is 2. The zero-order valence-corrected chi connectivity index (χ0v) is 15.5. The van der Waals surface area contributed by atoms with Crippen molar-refractivity contribution in [1.29, 1.82) is 0 Å². The van der Waals surface area contributed by atoms with Crippen molar-refractivity contribution in [3.05, 3.63) is 65.0 Å². The van der Waals surface area contributed by atoms with Gasteiger partial charge < -0.3 is 9.88 Å². The van der Waals surface area contributed by atoms with Crippen LogP contribution in [-0.2, 0) is 19.4 Å². The number of nitrogens with one attached hydrogen (secondary N) is 1. The summed E-state index contributed by atoms with van der Waals surface area (Å²) in [6.07, 6.45) is 4.68. The first-order valence-corrected chi connectivity index (χ1v) is 9.55. The summed E-state index contributed by atoms with van der Waals surface area (Å²) in [7, 11) is 0. The minimum atomic E-state index is -0.147. The number of carbonyl (C=O) groups is 1. The Morgan fingerprint density at radius 3 is 2.73 bits per heavy atom. The second-order valence-corrected chi connectivity index (χ2v) is 7.09. The highest BCUT2D eigenvalue weighted by molar-refractivity contribution is 5.94. The number of benzene rings is 2. The van der Waals surface area contributed by atoms with Crippen molar-refractivity contribution in [3.8, 4) is 0 Å². The van der Waals surface area contributed by atoms with Crippen LogP contribution in [0.5, 0.6) is 0 Å². The van der Waals surface area contributed by atoms with Crippen LogP contribution in [0.4, 0.5) is 0 Å². The van der Waals surface area contributed by atoms with Gasteiger partial charge in [-0.05, 0) is 74.9 Å². The van der Waals surface area contributed by atoms with Crippen LogP contribution in [-0.4, -0.2) is 15.5 Å². The molecule has 4 rings (SSSR count). The molecular weight excluding hydrogens is 322 g/mol. The van der Waals surface area contributed by atoms with Crippen LogP contribution < -0.4 is 5.32 Å². The van der Waals surface area contributed by atoms with Crippen LogP contribution in [0.2, 0.25) is 0 Å². The Bertz CT molecular complexity index is 957. The second kappa shape index (κ2) is 6.94. The Kier molecular flexibility index (Phi) is 4.49. The van der Waals surface area contributed by atoms with Gasteiger partial charge in [-0.1, -0.05) is 18.2 Å². The van der Waals surface area contributed by atoms with E-state index in [9.17, 15) is 4.79 Å². The minimum absolute atomic E-state index is 0.0272. The van der Waals surface area contributed by atoms with Gasteiger partial charge in [0.25, 0.3) is 5.91 Å². The molecule has 4 nitrogen and oxygen atoms in total. The predicted molar refractivity (Wildman–Crippen MR) is 104 cm³/mol. The van der Waals surface area contributed by atoms with Gasteiger partial charge in [0, 0.05) is 12.1 Å². The lowest BCUT2D eigenvalue weighted by molar-refractivity contribution is 0.0937. The normalized spacial score (nSPS) is 14.8. The van der Waals surface area contributed by atoms with Crippen LogP contribution in [0.3, 0.4) is 0 Å². The predicted octanol–water partition coefficient (Wildman–Crippen LogP) is 4.43. The van der Waals surface area contributed by atoms with Crippen molar-refractivity contribution in [2.75, 3.05) is 0 Å². The molecule has 1 aliphatic rings. The molecule has 0 fully saturated rings. The van der Waals surface area contributed by atoms with E-state index in [2.05, 4.69) is 35.0 Å². The highest BCUT2D eigenvalue weighted by atomic mass is 16.1. The monoisotopic (exact) mass is 347 g/mol. The van der Waals surface area contributed by atoms with Crippen molar-refractivity contribution in [3.63, 3.8) is 0 Å². The maximum Gasteiger partial charge on any atom is 0.251 e. The summed E-state index contributed by atoms with van der Waals surface area (Å²) in [5.74, 6) is 0.876. The van der Waals surface area contributed by atoms with Crippen molar-refractivity contribution in [2.24, 2.45) is 0 Å². The number of nitrogens with zero attached hydrogens (tertiary/aromatic N) is 2. The molecule has 1 unspecified atom stereocenters. The van der Waals surface area contributed by atoms with Crippen molar-refractivity contribution >= 4 is 16.9 Å². The summed E-state index contributed by atoms with van der Waals surface area (Å²) in [6, 6.07) is 14.1. The molecule has 0 saturated heterocycles. The van der Waals surface area contributed by atoms with E-state index in [4.69, 9.17) is 4.98 Å². The molecule has 2 aromatic carbocycles. The summed E-state index contributed by atoms with van der Waals surface area (Å²) in [6.45, 7) is 4.94. The highest BCUT2D eigenvalue weighted by Crippen LogP contribution is 2.24. The van der Waals surface area contributed by atoms with Gasteiger partial charge in [-0.15, -0.1) is 0 Å². The standard InChI is InChI=1S/C22H25N3O/c1-3-25-20-11-7-6-10-19(20)24-21(25)15(2)23-22(26)18-13-12-16-8-4-5-9-17(16)14-18/h6-7,10-15H,3-5,8-9H2,1-2H3,(H,23,26). The Hall–Kier alpha value is -2.62. The van der Waals surface area contributed by atoms with Gasteiger partial charge in [0.1, 0.15) is 5.82 Å².